The first-order valence-electron chi connectivity index (χ1n) is 9.56. The van der Waals surface area contributed by atoms with Crippen molar-refractivity contribution in [1.82, 2.24) is 10.2 Å². The molecule has 0 aliphatic carbocycles. The summed E-state index contributed by atoms with van der Waals surface area (Å²) < 4.78 is 0. The first kappa shape index (κ1) is 17.7. The van der Waals surface area contributed by atoms with E-state index < -0.39 is 0 Å². The average Bonchev–Trinajstić information content (AvgIpc) is 3.12. The second kappa shape index (κ2) is 7.53. The molecule has 1 atom stereocenters. The van der Waals surface area contributed by atoms with Gasteiger partial charge in [-0.15, -0.1) is 0 Å². The van der Waals surface area contributed by atoms with Crippen LogP contribution < -0.4 is 10.2 Å². The van der Waals surface area contributed by atoms with E-state index in [4.69, 9.17) is 0 Å². The minimum Gasteiger partial charge on any atom is -0.351 e. The summed E-state index contributed by atoms with van der Waals surface area (Å²) in [4.78, 5) is 28.5. The van der Waals surface area contributed by atoms with Crippen molar-refractivity contribution in [3.63, 3.8) is 0 Å². The van der Waals surface area contributed by atoms with Crippen molar-refractivity contribution in [2.24, 2.45) is 0 Å². The summed E-state index contributed by atoms with van der Waals surface area (Å²) in [6.07, 6.45) is 2.30. The Balaban J connectivity index is 1.36. The number of nitrogens with zero attached hydrogens (tertiary/aromatic N) is 2. The van der Waals surface area contributed by atoms with Crippen LogP contribution in [0, 0.1) is 0 Å². The van der Waals surface area contributed by atoms with Crippen molar-refractivity contribution in [2.75, 3.05) is 18.5 Å². The summed E-state index contributed by atoms with van der Waals surface area (Å²) in [5.41, 5.74) is 4.54. The van der Waals surface area contributed by atoms with Crippen molar-refractivity contribution < 1.29 is 9.59 Å². The predicted molar refractivity (Wildman–Crippen MR) is 105 cm³/mol. The van der Waals surface area contributed by atoms with Crippen LogP contribution in [-0.2, 0) is 29.1 Å². The second-order valence-electron chi connectivity index (χ2n) is 7.44. The third-order valence-corrected chi connectivity index (χ3v) is 5.57. The van der Waals surface area contributed by atoms with E-state index in [1.807, 2.05) is 48.3 Å². The summed E-state index contributed by atoms with van der Waals surface area (Å²) in [7, 11) is 2.00. The van der Waals surface area contributed by atoms with Crippen LogP contribution in [0.2, 0.25) is 0 Å². The molecule has 1 saturated heterocycles. The summed E-state index contributed by atoms with van der Waals surface area (Å²) in [5, 5.41) is 3.07. The molecule has 0 unspecified atom stereocenters. The number of hydrogen-bond donors (Lipinski definition) is 1. The maximum absolute atomic E-state index is 12.7. The van der Waals surface area contributed by atoms with Crippen LogP contribution >= 0.6 is 0 Å². The van der Waals surface area contributed by atoms with E-state index >= 15 is 0 Å². The highest BCUT2D eigenvalue weighted by molar-refractivity contribution is 5.95. The molecular weight excluding hydrogens is 338 g/mol. The second-order valence-corrected chi connectivity index (χ2v) is 7.44. The van der Waals surface area contributed by atoms with Crippen LogP contribution in [0.3, 0.4) is 0 Å². The largest absolute Gasteiger partial charge is 0.351 e. The Morgan fingerprint density at radius 1 is 1.11 bits per heavy atom. The molecule has 1 fully saturated rings. The molecule has 2 aliphatic heterocycles. The van der Waals surface area contributed by atoms with Gasteiger partial charge >= 0.3 is 0 Å². The van der Waals surface area contributed by atoms with Crippen LogP contribution in [0.4, 0.5) is 5.69 Å². The zero-order valence-corrected chi connectivity index (χ0v) is 15.6. The fourth-order valence-electron chi connectivity index (χ4n) is 3.97. The van der Waals surface area contributed by atoms with Gasteiger partial charge in [-0.3, -0.25) is 14.5 Å². The van der Waals surface area contributed by atoms with E-state index in [0.29, 0.717) is 13.0 Å². The lowest BCUT2D eigenvalue weighted by molar-refractivity contribution is -0.126. The molecule has 1 N–H and O–H groups in total. The van der Waals surface area contributed by atoms with Gasteiger partial charge in [-0.1, -0.05) is 36.4 Å². The highest BCUT2D eigenvalue weighted by Gasteiger charge is 2.28. The Bertz CT molecular complexity index is 847. The standard InChI is InChI=1S/C22H25N3O2/c1-24-15-18-6-3-2-5-17(18)13-20(24)22(27)23-14-16-8-10-19(11-9-16)25-12-4-7-21(25)26/h2-3,5-6,8-11,20H,4,7,12-15H2,1H3,(H,23,27)/t20-/m1/s1. The Labute approximate surface area is 160 Å². The van der Waals surface area contributed by atoms with Gasteiger partial charge in [0.05, 0.1) is 6.04 Å². The zero-order chi connectivity index (χ0) is 18.8. The van der Waals surface area contributed by atoms with E-state index in [2.05, 4.69) is 22.3 Å². The molecule has 2 heterocycles. The molecule has 0 saturated carbocycles. The zero-order valence-electron chi connectivity index (χ0n) is 15.6. The third kappa shape index (κ3) is 3.74. The minimum atomic E-state index is -0.138. The molecule has 27 heavy (non-hydrogen) atoms. The molecule has 2 amide bonds. The van der Waals surface area contributed by atoms with Gasteiger partial charge in [-0.05, 0) is 48.7 Å². The van der Waals surface area contributed by atoms with E-state index in [1.54, 1.807) is 0 Å². The maximum atomic E-state index is 12.7. The first-order valence-corrected chi connectivity index (χ1v) is 9.56. The van der Waals surface area contributed by atoms with Gasteiger partial charge in [-0.2, -0.15) is 0 Å². The number of amides is 2. The molecule has 0 aromatic heterocycles. The van der Waals surface area contributed by atoms with Crippen LogP contribution in [0.1, 0.15) is 29.5 Å². The molecule has 0 spiro atoms. The van der Waals surface area contributed by atoms with Crippen LogP contribution in [0.25, 0.3) is 0 Å². The molecular formula is C22H25N3O2. The number of carbonyl (C=O) groups excluding carboxylic acids is 2. The lowest BCUT2D eigenvalue weighted by Gasteiger charge is -2.33. The van der Waals surface area contributed by atoms with Gasteiger partial charge in [0.15, 0.2) is 0 Å². The van der Waals surface area contributed by atoms with E-state index in [-0.39, 0.29) is 17.9 Å². The Morgan fingerprint density at radius 3 is 2.56 bits per heavy atom. The average molecular weight is 363 g/mol. The molecule has 5 heteroatoms. The van der Waals surface area contributed by atoms with Gasteiger partial charge in [0.2, 0.25) is 11.8 Å². The van der Waals surface area contributed by atoms with E-state index in [1.165, 1.54) is 11.1 Å². The molecule has 2 aromatic rings. The van der Waals surface area contributed by atoms with E-state index in [9.17, 15) is 9.59 Å². The van der Waals surface area contributed by atoms with Crippen LogP contribution in [0.15, 0.2) is 48.5 Å². The fraction of sp³-hybridized carbons (Fsp3) is 0.364. The van der Waals surface area contributed by atoms with Crippen LogP contribution in [0.5, 0.6) is 0 Å². The lowest BCUT2D eigenvalue weighted by atomic mass is 9.94. The molecule has 2 aromatic carbocycles. The van der Waals surface area contributed by atoms with Crippen molar-refractivity contribution in [3.8, 4) is 0 Å². The summed E-state index contributed by atoms with van der Waals surface area (Å²) in [5.74, 6) is 0.252. The first-order chi connectivity index (χ1) is 13.1. The van der Waals surface area contributed by atoms with Crippen molar-refractivity contribution in [1.29, 1.82) is 0 Å². The van der Waals surface area contributed by atoms with Crippen LogP contribution in [-0.4, -0.2) is 36.3 Å². The predicted octanol–water partition coefficient (Wildman–Crippen LogP) is 2.49. The summed E-state index contributed by atoms with van der Waals surface area (Å²) in [6.45, 7) is 2.09. The number of fused-ring (bicyclic) bond motifs is 1. The summed E-state index contributed by atoms with van der Waals surface area (Å²) >= 11 is 0. The van der Waals surface area contributed by atoms with Gasteiger partial charge in [0.25, 0.3) is 0 Å². The van der Waals surface area contributed by atoms with Crippen molar-refractivity contribution in [3.05, 3.63) is 65.2 Å². The molecule has 0 bridgehead atoms. The Hall–Kier alpha value is -2.66. The number of carbonyl (C=O) groups is 2. The van der Waals surface area contributed by atoms with Gasteiger partial charge in [0, 0.05) is 31.7 Å². The van der Waals surface area contributed by atoms with Crippen molar-refractivity contribution >= 4 is 17.5 Å². The summed E-state index contributed by atoms with van der Waals surface area (Å²) in [6, 6.07) is 16.1. The lowest BCUT2D eigenvalue weighted by Crippen LogP contribution is -2.48. The maximum Gasteiger partial charge on any atom is 0.237 e. The number of nitrogens with one attached hydrogen (secondary N) is 1. The van der Waals surface area contributed by atoms with Gasteiger partial charge < -0.3 is 10.2 Å². The molecule has 140 valence electrons. The molecule has 5 nitrogen and oxygen atoms in total. The van der Waals surface area contributed by atoms with E-state index in [0.717, 1.165) is 37.2 Å². The normalized spacial score (nSPS) is 19.8. The van der Waals surface area contributed by atoms with Gasteiger partial charge in [-0.25, -0.2) is 0 Å². The fourth-order valence-corrected chi connectivity index (χ4v) is 3.97. The topological polar surface area (TPSA) is 52.7 Å². The SMILES string of the molecule is CN1Cc2ccccc2C[C@@H]1C(=O)NCc1ccc(N2CCCC2=O)cc1. The van der Waals surface area contributed by atoms with Gasteiger partial charge in [0.1, 0.15) is 0 Å². The molecule has 4 rings (SSSR count). The number of anilines is 1. The Kier molecular flexibility index (Phi) is 4.94. The smallest absolute Gasteiger partial charge is 0.237 e. The molecule has 2 aliphatic rings. The quantitative estimate of drug-likeness (QED) is 0.908. The minimum absolute atomic E-state index is 0.0609. The Morgan fingerprint density at radius 2 is 1.85 bits per heavy atom. The highest BCUT2D eigenvalue weighted by Crippen LogP contribution is 2.23. The number of likely N-dealkylation sites (N-methyl/N-ethyl adjacent to an activating group) is 1. The van der Waals surface area contributed by atoms with Crippen molar-refractivity contribution in [2.45, 2.75) is 38.4 Å². The number of hydrogen-bond acceptors (Lipinski definition) is 3. The third-order valence-electron chi connectivity index (χ3n) is 5.57. The highest BCUT2D eigenvalue weighted by atomic mass is 16.2. The molecule has 0 radical (unpaired) electrons. The number of benzene rings is 2. The number of rotatable bonds is 4. The monoisotopic (exact) mass is 363 g/mol.